The zero-order valence-corrected chi connectivity index (χ0v) is 24.5. The molecule has 3 heterocycles. The number of carbonyl (C=O) groups is 3. The number of ether oxygens (including phenoxy) is 5. The Morgan fingerprint density at radius 3 is 1.98 bits per heavy atom. The molecule has 0 aromatic carbocycles. The Morgan fingerprint density at radius 2 is 1.46 bits per heavy atom. The summed E-state index contributed by atoms with van der Waals surface area (Å²) in [6.07, 6.45) is -26.5. The molecule has 24 nitrogen and oxygen atoms in total. The predicted molar refractivity (Wildman–Crippen MR) is 133 cm³/mol. The molecule has 3 aliphatic heterocycles. The number of aliphatic carboxylic acids is 2. The van der Waals surface area contributed by atoms with Gasteiger partial charge in [-0.1, -0.05) is 0 Å². The molecule has 0 bridgehead atoms. The molecule has 26 heteroatoms. The van der Waals surface area contributed by atoms with Gasteiger partial charge in [-0.15, -0.1) is 0 Å². The van der Waals surface area contributed by atoms with Crippen molar-refractivity contribution in [2.45, 2.75) is 86.8 Å². The van der Waals surface area contributed by atoms with Gasteiger partial charge in [-0.05, 0) is 6.08 Å². The van der Waals surface area contributed by atoms with Gasteiger partial charge < -0.3 is 64.7 Å². The summed E-state index contributed by atoms with van der Waals surface area (Å²) in [5.74, 6) is -5.75. The van der Waals surface area contributed by atoms with Gasteiger partial charge >= 0.3 is 32.7 Å². The summed E-state index contributed by atoms with van der Waals surface area (Å²) >= 11 is 0. The van der Waals surface area contributed by atoms with Crippen molar-refractivity contribution in [2.75, 3.05) is 6.61 Å². The second kappa shape index (κ2) is 14.6. The molecule has 46 heavy (non-hydrogen) atoms. The molecular formula is C20H29NO23S2. The Bertz CT molecular complexity index is 1390. The van der Waals surface area contributed by atoms with Gasteiger partial charge in [0, 0.05) is 6.92 Å². The number of carboxylic acid groups (broad SMARTS) is 2. The first-order valence-electron chi connectivity index (χ1n) is 12.5. The maximum absolute atomic E-state index is 12.2. The third-order valence-corrected chi connectivity index (χ3v) is 7.32. The molecule has 0 aromatic heterocycles. The topological polar surface area (TPSA) is 378 Å². The predicted octanol–water partition coefficient (Wildman–Crippen LogP) is -6.44. The number of nitrogens with one attached hydrogen (secondary N) is 1. The van der Waals surface area contributed by atoms with Crippen LogP contribution in [0.4, 0.5) is 0 Å². The normalized spacial score (nSPS) is 38.7. The largest absolute Gasteiger partial charge is 0.479 e. The third kappa shape index (κ3) is 9.45. The number of aliphatic hydroxyl groups is 5. The fourth-order valence-electron chi connectivity index (χ4n) is 4.50. The van der Waals surface area contributed by atoms with Crippen LogP contribution in [0.1, 0.15) is 6.92 Å². The Labute approximate surface area is 257 Å². The molecule has 13 unspecified atom stereocenters. The van der Waals surface area contributed by atoms with Crippen molar-refractivity contribution in [1.29, 1.82) is 0 Å². The minimum atomic E-state index is -5.61. The summed E-state index contributed by atoms with van der Waals surface area (Å²) < 4.78 is 99.7. The Hall–Kier alpha value is -2.67. The zero-order chi connectivity index (χ0) is 34.9. The molecular weight excluding hydrogens is 686 g/mol. The van der Waals surface area contributed by atoms with Gasteiger partial charge in [0.25, 0.3) is 0 Å². The van der Waals surface area contributed by atoms with E-state index in [-0.39, 0.29) is 0 Å². The van der Waals surface area contributed by atoms with Gasteiger partial charge in [0.1, 0.15) is 54.9 Å². The minimum Gasteiger partial charge on any atom is -0.479 e. The van der Waals surface area contributed by atoms with E-state index in [1.165, 1.54) is 0 Å². The molecule has 3 aliphatic rings. The van der Waals surface area contributed by atoms with E-state index >= 15 is 0 Å². The number of aliphatic hydroxyl groups excluding tert-OH is 5. The standard InChI is InChI=1S/C20H29NO23S2/c1-4(22)21-8-13(42-20-9(24)5(23)2-6(39-20)16(27)28)12(44-46(35,36)37)7(3-38-45(32,33)34)40-19(8)43-14-10(25)11(26)18(31)41-15(14)17(29)30/h2,5,7-15,18-20,23-26,31H,3H2,1H3,(H,21,22)(H,27,28)(H,29,30)(H,32,33,34)(H,35,36,37). The number of hydrogen-bond acceptors (Lipinski definition) is 19. The van der Waals surface area contributed by atoms with Crippen molar-refractivity contribution in [3.63, 3.8) is 0 Å². The van der Waals surface area contributed by atoms with E-state index in [4.69, 9.17) is 28.2 Å². The van der Waals surface area contributed by atoms with Gasteiger partial charge in [0.2, 0.25) is 18.0 Å². The molecule has 0 saturated carbocycles. The summed E-state index contributed by atoms with van der Waals surface area (Å²) in [6, 6.07) is -2.07. The van der Waals surface area contributed by atoms with Crippen molar-refractivity contribution in [2.24, 2.45) is 0 Å². The first-order chi connectivity index (χ1) is 21.1. The molecule has 0 aromatic rings. The van der Waals surface area contributed by atoms with Gasteiger partial charge in [-0.25, -0.2) is 18.0 Å². The van der Waals surface area contributed by atoms with Crippen molar-refractivity contribution >= 4 is 38.6 Å². The van der Waals surface area contributed by atoms with E-state index in [1.807, 2.05) is 0 Å². The highest BCUT2D eigenvalue weighted by atomic mass is 32.3. The first kappa shape index (κ1) is 37.8. The summed E-state index contributed by atoms with van der Waals surface area (Å²) in [7, 11) is -11.0. The highest BCUT2D eigenvalue weighted by molar-refractivity contribution is 7.81. The van der Waals surface area contributed by atoms with E-state index in [1.54, 1.807) is 0 Å². The van der Waals surface area contributed by atoms with Crippen LogP contribution in [0.3, 0.4) is 0 Å². The molecule has 1 amide bonds. The average molecular weight is 716 g/mol. The van der Waals surface area contributed by atoms with E-state index in [0.29, 0.717) is 6.08 Å². The third-order valence-electron chi connectivity index (χ3n) is 6.42. The number of hydrogen-bond donors (Lipinski definition) is 10. The van der Waals surface area contributed by atoms with Crippen LogP contribution < -0.4 is 5.32 Å². The van der Waals surface area contributed by atoms with Crippen LogP contribution in [0.5, 0.6) is 0 Å². The second-order valence-corrected chi connectivity index (χ2v) is 11.9. The second-order valence-electron chi connectivity index (χ2n) is 9.74. The smallest absolute Gasteiger partial charge is 0.397 e. The lowest BCUT2D eigenvalue weighted by atomic mass is 9.95. The Balaban J connectivity index is 2.15. The highest BCUT2D eigenvalue weighted by Gasteiger charge is 2.56. The number of rotatable bonds is 12. The molecule has 0 spiro atoms. The molecule has 13 atom stereocenters. The van der Waals surface area contributed by atoms with Gasteiger partial charge in [-0.2, -0.15) is 16.8 Å². The summed E-state index contributed by atoms with van der Waals surface area (Å²) in [4.78, 5) is 35.6. The van der Waals surface area contributed by atoms with Crippen LogP contribution in [-0.2, 0) is 67.2 Å². The lowest BCUT2D eigenvalue weighted by Crippen LogP contribution is -2.69. The quantitative estimate of drug-likeness (QED) is 0.0839. The van der Waals surface area contributed by atoms with Crippen molar-refractivity contribution in [3.05, 3.63) is 11.8 Å². The Morgan fingerprint density at radius 1 is 0.848 bits per heavy atom. The SMILES string of the molecule is CC(=O)NC1C(OC2C(C(=O)O)OC(O)C(O)C2O)OC(COS(=O)(=O)O)C(OS(=O)(=O)O)C1OC1OC(C(=O)O)=CC(O)C1O. The first-order valence-corrected chi connectivity index (χ1v) is 15.2. The van der Waals surface area contributed by atoms with Gasteiger partial charge in [-0.3, -0.25) is 13.9 Å². The van der Waals surface area contributed by atoms with Crippen LogP contribution in [-0.4, -0.2) is 166 Å². The highest BCUT2D eigenvalue weighted by Crippen LogP contribution is 2.34. The van der Waals surface area contributed by atoms with Crippen LogP contribution in [0.2, 0.25) is 0 Å². The molecule has 264 valence electrons. The lowest BCUT2D eigenvalue weighted by molar-refractivity contribution is -0.344. The summed E-state index contributed by atoms with van der Waals surface area (Å²) in [5, 5.41) is 71.9. The molecule has 2 saturated heterocycles. The minimum absolute atomic E-state index is 0.541. The Kier molecular flexibility index (Phi) is 12.0. The molecule has 10 N–H and O–H groups in total. The van der Waals surface area contributed by atoms with Crippen molar-refractivity contribution in [3.8, 4) is 0 Å². The summed E-state index contributed by atoms with van der Waals surface area (Å²) in [5.41, 5.74) is 0. The van der Waals surface area contributed by atoms with Crippen LogP contribution in [0.15, 0.2) is 11.8 Å². The zero-order valence-electron chi connectivity index (χ0n) is 22.8. The lowest BCUT2D eigenvalue weighted by Gasteiger charge is -2.48. The number of carboxylic acids is 2. The molecule has 3 rings (SSSR count). The van der Waals surface area contributed by atoms with Gasteiger partial charge in [0.05, 0.1) is 6.61 Å². The molecule has 2 fully saturated rings. The van der Waals surface area contributed by atoms with Crippen molar-refractivity contribution in [1.82, 2.24) is 5.32 Å². The van der Waals surface area contributed by atoms with Crippen LogP contribution in [0, 0.1) is 0 Å². The molecule has 0 aliphatic carbocycles. The van der Waals surface area contributed by atoms with E-state index in [9.17, 15) is 71.5 Å². The number of carbonyl (C=O) groups excluding carboxylic acids is 1. The molecule has 0 radical (unpaired) electrons. The van der Waals surface area contributed by atoms with E-state index in [0.717, 1.165) is 6.92 Å². The fraction of sp³-hybridized carbons (Fsp3) is 0.750. The van der Waals surface area contributed by atoms with Crippen molar-refractivity contribution < 1.29 is 108 Å². The monoisotopic (exact) mass is 715 g/mol. The van der Waals surface area contributed by atoms with E-state index < -0.39 is 131 Å². The van der Waals surface area contributed by atoms with Crippen LogP contribution >= 0.6 is 0 Å². The average Bonchev–Trinajstić information content (AvgIpc) is 2.91. The number of amides is 1. The summed E-state index contributed by atoms with van der Waals surface area (Å²) in [6.45, 7) is -0.587. The van der Waals surface area contributed by atoms with E-state index in [2.05, 4.69) is 13.7 Å². The van der Waals surface area contributed by atoms with Crippen LogP contribution in [0.25, 0.3) is 0 Å². The van der Waals surface area contributed by atoms with Gasteiger partial charge in [0.15, 0.2) is 18.7 Å². The fourth-order valence-corrected chi connectivity index (χ4v) is 5.32. The maximum Gasteiger partial charge on any atom is 0.397 e. The maximum atomic E-state index is 12.2.